The molecule has 1 aliphatic heterocycles. The van der Waals surface area contributed by atoms with Gasteiger partial charge in [-0.2, -0.15) is 0 Å². The van der Waals surface area contributed by atoms with Gasteiger partial charge in [-0.15, -0.1) is 0 Å². The number of nitrogens with one attached hydrogen (secondary N) is 1. The Balaban J connectivity index is 1.85. The zero-order chi connectivity index (χ0) is 24.1. The van der Waals surface area contributed by atoms with Gasteiger partial charge < -0.3 is 19.7 Å². The number of aromatic nitrogens is 1. The fourth-order valence-corrected chi connectivity index (χ4v) is 3.96. The number of benzene rings is 1. The van der Waals surface area contributed by atoms with Crippen LogP contribution in [-0.2, 0) is 17.8 Å². The number of pyridine rings is 1. The Hall–Kier alpha value is -3.11. The summed E-state index contributed by atoms with van der Waals surface area (Å²) in [6.45, 7) is 2.42. The number of aldehydes is 1. The van der Waals surface area contributed by atoms with Crippen LogP contribution in [0.2, 0.25) is 0 Å². The number of nitrogens with zero attached hydrogens (tertiary/aromatic N) is 2. The number of carbonyl (C=O) groups excluding carboxylic acids is 2. The molecule has 0 radical (unpaired) electrons. The van der Waals surface area contributed by atoms with E-state index in [0.717, 1.165) is 25.3 Å². The van der Waals surface area contributed by atoms with Crippen LogP contribution >= 0.6 is 0 Å². The van der Waals surface area contributed by atoms with Crippen molar-refractivity contribution in [2.75, 3.05) is 13.7 Å². The van der Waals surface area contributed by atoms with E-state index in [0.29, 0.717) is 19.0 Å². The molecule has 1 amide bonds. The highest BCUT2D eigenvalue weighted by Gasteiger charge is 2.29. The minimum atomic E-state index is -1.02. The third-order valence-corrected chi connectivity index (χ3v) is 5.87. The van der Waals surface area contributed by atoms with Gasteiger partial charge in [-0.05, 0) is 26.0 Å². The molecule has 0 bridgehead atoms. The van der Waals surface area contributed by atoms with Crippen molar-refractivity contribution in [2.24, 2.45) is 0 Å². The van der Waals surface area contributed by atoms with Gasteiger partial charge in [0.15, 0.2) is 12.0 Å². The number of hydrogen-bond acceptors (Lipinski definition) is 6. The van der Waals surface area contributed by atoms with Crippen LogP contribution in [0.1, 0.15) is 52.6 Å². The van der Waals surface area contributed by atoms with Crippen LogP contribution < -0.4 is 10.7 Å². The van der Waals surface area contributed by atoms with Gasteiger partial charge in [0, 0.05) is 30.4 Å². The Morgan fingerprint density at radius 1 is 1.36 bits per heavy atom. The van der Waals surface area contributed by atoms with Crippen LogP contribution in [0.4, 0.5) is 8.78 Å². The molecule has 8 nitrogen and oxygen atoms in total. The summed E-state index contributed by atoms with van der Waals surface area (Å²) in [6.07, 6.45) is 3.94. The van der Waals surface area contributed by atoms with Crippen LogP contribution in [0, 0.1) is 11.6 Å². The molecule has 0 spiro atoms. The van der Waals surface area contributed by atoms with Gasteiger partial charge in [-0.25, -0.2) is 8.78 Å². The lowest BCUT2D eigenvalue weighted by Gasteiger charge is -2.40. The summed E-state index contributed by atoms with van der Waals surface area (Å²) in [5.74, 6) is -3.32. The van der Waals surface area contributed by atoms with Crippen LogP contribution in [0.3, 0.4) is 0 Å². The normalized spacial score (nSPS) is 18.8. The zero-order valence-electron chi connectivity index (χ0n) is 18.5. The van der Waals surface area contributed by atoms with E-state index in [-0.39, 0.29) is 30.4 Å². The van der Waals surface area contributed by atoms with E-state index in [4.69, 9.17) is 4.74 Å². The molecule has 178 valence electrons. The van der Waals surface area contributed by atoms with Gasteiger partial charge in [0.1, 0.15) is 29.1 Å². The lowest BCUT2D eigenvalue weighted by molar-refractivity contribution is -0.119. The second-order valence-corrected chi connectivity index (χ2v) is 8.02. The number of likely N-dealkylation sites (N-methyl/N-ethyl adjacent to an activating group) is 1. The average Bonchev–Trinajstić information content (AvgIpc) is 2.78. The van der Waals surface area contributed by atoms with Gasteiger partial charge in [0.25, 0.3) is 5.91 Å². The smallest absolute Gasteiger partial charge is 0.257 e. The summed E-state index contributed by atoms with van der Waals surface area (Å²) in [6, 6.07) is 3.20. The van der Waals surface area contributed by atoms with E-state index in [1.165, 1.54) is 16.8 Å². The fraction of sp³-hybridized carbons (Fsp3) is 0.435. The molecule has 1 saturated heterocycles. The van der Waals surface area contributed by atoms with E-state index in [2.05, 4.69) is 12.2 Å². The number of halogens is 2. The number of carbonyl (C=O) groups is 2. The Morgan fingerprint density at radius 2 is 2.12 bits per heavy atom. The van der Waals surface area contributed by atoms with E-state index in [9.17, 15) is 28.3 Å². The minimum absolute atomic E-state index is 0.0259. The van der Waals surface area contributed by atoms with Crippen molar-refractivity contribution in [3.05, 3.63) is 63.1 Å². The second kappa shape index (κ2) is 10.7. The molecule has 1 fully saturated rings. The molecule has 0 saturated carbocycles. The Bertz CT molecular complexity index is 1090. The lowest BCUT2D eigenvalue weighted by atomic mass is 10.1. The molecular formula is C23H27F2N3O5. The Kier molecular flexibility index (Phi) is 7.93. The van der Waals surface area contributed by atoms with Crippen molar-refractivity contribution in [1.29, 1.82) is 0 Å². The fourth-order valence-electron chi connectivity index (χ4n) is 3.96. The molecule has 2 heterocycles. The highest BCUT2D eigenvalue weighted by atomic mass is 19.1. The molecule has 1 aliphatic rings. The summed E-state index contributed by atoms with van der Waals surface area (Å²) >= 11 is 0. The molecule has 10 heteroatoms. The largest absolute Gasteiger partial charge is 0.503 e. The first-order valence-corrected chi connectivity index (χ1v) is 10.7. The third-order valence-electron chi connectivity index (χ3n) is 5.87. The molecule has 3 rings (SSSR count). The molecule has 33 heavy (non-hydrogen) atoms. The van der Waals surface area contributed by atoms with Gasteiger partial charge >= 0.3 is 0 Å². The van der Waals surface area contributed by atoms with Crippen molar-refractivity contribution in [2.45, 2.75) is 51.5 Å². The average molecular weight is 463 g/mol. The summed E-state index contributed by atoms with van der Waals surface area (Å²) in [5.41, 5.74) is -1.68. The van der Waals surface area contributed by atoms with Crippen molar-refractivity contribution < 1.29 is 28.2 Å². The minimum Gasteiger partial charge on any atom is -0.503 e. The van der Waals surface area contributed by atoms with Crippen LogP contribution in [-0.4, -0.2) is 52.7 Å². The third kappa shape index (κ3) is 5.45. The number of ether oxygens (including phenoxy) is 1. The summed E-state index contributed by atoms with van der Waals surface area (Å²) < 4.78 is 34.0. The maximum absolute atomic E-state index is 13.8. The number of rotatable bonds is 8. The van der Waals surface area contributed by atoms with Gasteiger partial charge in [-0.3, -0.25) is 19.3 Å². The monoisotopic (exact) mass is 463 g/mol. The predicted molar refractivity (Wildman–Crippen MR) is 116 cm³/mol. The van der Waals surface area contributed by atoms with Crippen molar-refractivity contribution >= 4 is 12.2 Å². The summed E-state index contributed by atoms with van der Waals surface area (Å²) in [7, 11) is 1.90. The molecule has 1 unspecified atom stereocenters. The molecule has 1 aromatic heterocycles. The lowest BCUT2D eigenvalue weighted by Crippen LogP contribution is -2.49. The first-order valence-electron chi connectivity index (χ1n) is 10.7. The van der Waals surface area contributed by atoms with Gasteiger partial charge in [0.05, 0.1) is 13.2 Å². The molecule has 2 N–H and O–H groups in total. The van der Waals surface area contributed by atoms with Crippen LogP contribution in [0.25, 0.3) is 0 Å². The van der Waals surface area contributed by atoms with E-state index >= 15 is 0 Å². The maximum atomic E-state index is 13.8. The highest BCUT2D eigenvalue weighted by Crippen LogP contribution is 2.22. The molecular weight excluding hydrogens is 436 g/mol. The van der Waals surface area contributed by atoms with Gasteiger partial charge in [0.2, 0.25) is 5.43 Å². The zero-order valence-corrected chi connectivity index (χ0v) is 18.5. The molecule has 0 aliphatic carbocycles. The van der Waals surface area contributed by atoms with Crippen LogP contribution in [0.5, 0.6) is 5.75 Å². The quantitative estimate of drug-likeness (QED) is 0.584. The number of amides is 1. The Labute approximate surface area is 189 Å². The highest BCUT2D eigenvalue weighted by molar-refractivity contribution is 5.95. The second-order valence-electron chi connectivity index (χ2n) is 8.02. The van der Waals surface area contributed by atoms with Crippen molar-refractivity contribution in [3.8, 4) is 5.75 Å². The van der Waals surface area contributed by atoms with Gasteiger partial charge in [-0.1, -0.05) is 19.4 Å². The van der Waals surface area contributed by atoms with E-state index in [1.54, 1.807) is 0 Å². The van der Waals surface area contributed by atoms with E-state index < -0.39 is 40.5 Å². The first-order chi connectivity index (χ1) is 15.8. The standard InChI is InChI=1S/C23H27F2N3O5/c1-3-4-16-7-8-33-20(27(16)2)12-28-11-17(21(30)22(31)19(28)13-29)23(32)26-10-14-5-6-15(24)9-18(14)25/h5-6,9,11,13,16,20,31H,3-4,7-8,10,12H2,1-2H3,(H,26,32)/t16-,20?/m1/s1. The van der Waals surface area contributed by atoms with E-state index in [1.807, 2.05) is 11.9 Å². The van der Waals surface area contributed by atoms with Crippen molar-refractivity contribution in [1.82, 2.24) is 14.8 Å². The van der Waals surface area contributed by atoms with Crippen LogP contribution in [0.15, 0.2) is 29.2 Å². The number of aromatic hydroxyl groups is 1. The number of hydrogen-bond donors (Lipinski definition) is 2. The Morgan fingerprint density at radius 3 is 2.79 bits per heavy atom. The summed E-state index contributed by atoms with van der Waals surface area (Å²) in [4.78, 5) is 38.8. The first kappa shape index (κ1) is 24.5. The predicted octanol–water partition coefficient (Wildman–Crippen LogP) is 2.42. The SMILES string of the molecule is CCC[C@@H]1CCOC(Cn2cc(C(=O)NCc3ccc(F)cc3F)c(=O)c(O)c2C=O)N1C. The van der Waals surface area contributed by atoms with Crippen molar-refractivity contribution in [3.63, 3.8) is 0 Å². The summed E-state index contributed by atoms with van der Waals surface area (Å²) in [5, 5.41) is 12.7. The topological polar surface area (TPSA) is 101 Å². The maximum Gasteiger partial charge on any atom is 0.257 e. The molecule has 2 atom stereocenters. The molecule has 1 aromatic carbocycles. The molecule has 2 aromatic rings.